The number of aromatic amines is 1. The highest BCUT2D eigenvalue weighted by Crippen LogP contribution is 2.10. The van der Waals surface area contributed by atoms with Crippen molar-refractivity contribution in [1.82, 2.24) is 15.3 Å². The van der Waals surface area contributed by atoms with Crippen LogP contribution in [-0.4, -0.2) is 29.0 Å². The van der Waals surface area contributed by atoms with Gasteiger partial charge in [0.1, 0.15) is 5.82 Å². The van der Waals surface area contributed by atoms with Crippen molar-refractivity contribution in [2.24, 2.45) is 0 Å². The van der Waals surface area contributed by atoms with E-state index in [1.807, 2.05) is 24.3 Å². The number of carbonyl (C=O) groups excluding carboxylic acids is 2. The van der Waals surface area contributed by atoms with Gasteiger partial charge in [-0.1, -0.05) is 12.1 Å². The first kappa shape index (κ1) is 14.8. The van der Waals surface area contributed by atoms with Crippen LogP contribution in [0.3, 0.4) is 0 Å². The van der Waals surface area contributed by atoms with Crippen LogP contribution >= 0.6 is 0 Å². The fourth-order valence-corrected chi connectivity index (χ4v) is 2.23. The number of H-pyrrole nitrogens is 1. The molecule has 6 nitrogen and oxygen atoms in total. The van der Waals surface area contributed by atoms with Crippen LogP contribution in [0.1, 0.15) is 26.5 Å². The molecular formula is C17H15N3O3. The molecule has 0 unspecified atom stereocenters. The van der Waals surface area contributed by atoms with Gasteiger partial charge in [-0.3, -0.25) is 4.79 Å². The summed E-state index contributed by atoms with van der Waals surface area (Å²) in [5, 5.41) is 2.79. The second-order valence-electron chi connectivity index (χ2n) is 4.95. The molecule has 0 spiro atoms. The Kier molecular flexibility index (Phi) is 4.05. The number of fused-ring (bicyclic) bond motifs is 1. The number of hydrogen-bond donors (Lipinski definition) is 2. The van der Waals surface area contributed by atoms with Crippen LogP contribution in [0.4, 0.5) is 0 Å². The number of ether oxygens (including phenoxy) is 1. The van der Waals surface area contributed by atoms with Crippen molar-refractivity contribution in [2.75, 3.05) is 7.11 Å². The molecule has 1 amide bonds. The molecule has 6 heteroatoms. The van der Waals surface area contributed by atoms with E-state index in [2.05, 4.69) is 20.0 Å². The van der Waals surface area contributed by atoms with Crippen LogP contribution in [0, 0.1) is 0 Å². The molecule has 2 aromatic carbocycles. The van der Waals surface area contributed by atoms with Crippen molar-refractivity contribution in [3.8, 4) is 0 Å². The minimum Gasteiger partial charge on any atom is -0.465 e. The highest BCUT2D eigenvalue weighted by Gasteiger charge is 2.09. The van der Waals surface area contributed by atoms with Crippen molar-refractivity contribution in [3.05, 3.63) is 65.5 Å². The summed E-state index contributed by atoms with van der Waals surface area (Å²) in [7, 11) is 1.32. The van der Waals surface area contributed by atoms with E-state index >= 15 is 0 Å². The van der Waals surface area contributed by atoms with E-state index in [-0.39, 0.29) is 5.91 Å². The molecule has 1 aromatic heterocycles. The quantitative estimate of drug-likeness (QED) is 0.724. The fourth-order valence-electron chi connectivity index (χ4n) is 2.23. The summed E-state index contributed by atoms with van der Waals surface area (Å²) in [5.41, 5.74) is 2.66. The lowest BCUT2D eigenvalue weighted by Crippen LogP contribution is -2.23. The topological polar surface area (TPSA) is 84.1 Å². The third-order valence-corrected chi connectivity index (χ3v) is 3.42. The molecule has 3 aromatic rings. The van der Waals surface area contributed by atoms with Crippen LogP contribution in [0.25, 0.3) is 11.0 Å². The molecule has 0 atom stereocenters. The average Bonchev–Trinajstić information content (AvgIpc) is 3.02. The summed E-state index contributed by atoms with van der Waals surface area (Å²) in [5.74, 6) is 0.0202. The molecule has 2 N–H and O–H groups in total. The predicted molar refractivity (Wildman–Crippen MR) is 85.0 cm³/mol. The van der Waals surface area contributed by atoms with E-state index in [0.717, 1.165) is 11.0 Å². The van der Waals surface area contributed by atoms with Crippen LogP contribution in [-0.2, 0) is 11.3 Å². The molecule has 0 saturated heterocycles. The van der Waals surface area contributed by atoms with Gasteiger partial charge in [0.15, 0.2) is 0 Å². The molecule has 116 valence electrons. The van der Waals surface area contributed by atoms with Gasteiger partial charge >= 0.3 is 5.97 Å². The number of methoxy groups -OCH3 is 1. The number of hydrogen-bond acceptors (Lipinski definition) is 4. The third kappa shape index (κ3) is 3.21. The highest BCUT2D eigenvalue weighted by atomic mass is 16.5. The van der Waals surface area contributed by atoms with E-state index < -0.39 is 5.97 Å². The molecule has 23 heavy (non-hydrogen) atoms. The number of esters is 1. The van der Waals surface area contributed by atoms with Gasteiger partial charge in [-0.05, 0) is 36.4 Å². The molecular weight excluding hydrogens is 294 g/mol. The molecule has 0 aliphatic rings. The van der Waals surface area contributed by atoms with Gasteiger partial charge in [0.2, 0.25) is 0 Å². The number of nitrogens with zero attached hydrogens (tertiary/aromatic N) is 1. The van der Waals surface area contributed by atoms with Crippen molar-refractivity contribution in [3.63, 3.8) is 0 Å². The minimum absolute atomic E-state index is 0.234. The second kappa shape index (κ2) is 6.31. The number of carbonyl (C=O) groups is 2. The van der Waals surface area contributed by atoms with Gasteiger partial charge < -0.3 is 15.0 Å². The maximum atomic E-state index is 12.1. The van der Waals surface area contributed by atoms with Crippen molar-refractivity contribution in [2.45, 2.75) is 6.54 Å². The Bertz CT molecular complexity index is 820. The lowest BCUT2D eigenvalue weighted by atomic mass is 10.1. The van der Waals surface area contributed by atoms with Crippen molar-refractivity contribution >= 4 is 22.9 Å². The van der Waals surface area contributed by atoms with E-state index in [0.29, 0.717) is 23.5 Å². The zero-order chi connectivity index (χ0) is 16.2. The fraction of sp³-hybridized carbons (Fsp3) is 0.118. The Morgan fingerprint density at radius 2 is 1.78 bits per heavy atom. The molecule has 0 bridgehead atoms. The first-order valence-electron chi connectivity index (χ1n) is 7.07. The first-order chi connectivity index (χ1) is 11.2. The summed E-state index contributed by atoms with van der Waals surface area (Å²) in [4.78, 5) is 31.0. The van der Waals surface area contributed by atoms with Crippen LogP contribution in [0.2, 0.25) is 0 Å². The Labute approximate surface area is 132 Å². The summed E-state index contributed by atoms with van der Waals surface area (Å²) in [6.07, 6.45) is 0. The highest BCUT2D eigenvalue weighted by molar-refractivity contribution is 5.96. The Morgan fingerprint density at radius 3 is 2.48 bits per heavy atom. The standard InChI is InChI=1S/C17H15N3O3/c1-23-17(22)12-8-6-11(7-9-12)16(21)18-10-15-19-13-4-2-3-5-14(13)20-15/h2-9H,10H2,1H3,(H,18,21)(H,19,20). The van der Waals surface area contributed by atoms with E-state index in [4.69, 9.17) is 0 Å². The maximum Gasteiger partial charge on any atom is 0.337 e. The number of benzene rings is 2. The van der Waals surface area contributed by atoms with Crippen LogP contribution in [0.15, 0.2) is 48.5 Å². The Hall–Kier alpha value is -3.15. The van der Waals surface area contributed by atoms with Crippen LogP contribution in [0.5, 0.6) is 0 Å². The lowest BCUT2D eigenvalue weighted by molar-refractivity contribution is 0.0600. The summed E-state index contributed by atoms with van der Waals surface area (Å²) < 4.78 is 4.62. The number of nitrogens with one attached hydrogen (secondary N) is 2. The van der Waals surface area contributed by atoms with Crippen LogP contribution < -0.4 is 5.32 Å². The number of aromatic nitrogens is 2. The largest absolute Gasteiger partial charge is 0.465 e. The number of imidazole rings is 1. The van der Waals surface area contributed by atoms with Gasteiger partial charge in [-0.15, -0.1) is 0 Å². The van der Waals surface area contributed by atoms with Gasteiger partial charge in [-0.25, -0.2) is 9.78 Å². The van der Waals surface area contributed by atoms with E-state index in [1.165, 1.54) is 7.11 Å². The SMILES string of the molecule is COC(=O)c1ccc(C(=O)NCc2nc3ccccc3[nH]2)cc1. The lowest BCUT2D eigenvalue weighted by Gasteiger charge is -2.04. The molecule has 0 radical (unpaired) electrons. The number of para-hydroxylation sites is 2. The predicted octanol–water partition coefficient (Wildman–Crippen LogP) is 2.28. The molecule has 0 aliphatic carbocycles. The number of amides is 1. The molecule has 0 fully saturated rings. The average molecular weight is 309 g/mol. The monoisotopic (exact) mass is 309 g/mol. The summed E-state index contributed by atoms with van der Waals surface area (Å²) >= 11 is 0. The van der Waals surface area contributed by atoms with Gasteiger partial charge in [0.25, 0.3) is 5.91 Å². The Morgan fingerprint density at radius 1 is 1.09 bits per heavy atom. The summed E-state index contributed by atoms with van der Waals surface area (Å²) in [6.45, 7) is 0.298. The second-order valence-corrected chi connectivity index (χ2v) is 4.95. The zero-order valence-electron chi connectivity index (χ0n) is 12.5. The van der Waals surface area contributed by atoms with Gasteiger partial charge in [-0.2, -0.15) is 0 Å². The Balaban J connectivity index is 1.65. The minimum atomic E-state index is -0.431. The number of rotatable bonds is 4. The summed E-state index contributed by atoms with van der Waals surface area (Å²) in [6, 6.07) is 14.0. The smallest absolute Gasteiger partial charge is 0.337 e. The molecule has 3 rings (SSSR count). The molecule has 0 saturated carbocycles. The molecule has 1 heterocycles. The van der Waals surface area contributed by atoms with Crippen molar-refractivity contribution in [1.29, 1.82) is 0 Å². The van der Waals surface area contributed by atoms with Gasteiger partial charge in [0, 0.05) is 5.56 Å². The molecule has 0 aliphatic heterocycles. The van der Waals surface area contributed by atoms with Crippen molar-refractivity contribution < 1.29 is 14.3 Å². The van der Waals surface area contributed by atoms with E-state index in [9.17, 15) is 9.59 Å². The van der Waals surface area contributed by atoms with Gasteiger partial charge in [0.05, 0.1) is 30.3 Å². The normalized spacial score (nSPS) is 10.5. The first-order valence-corrected chi connectivity index (χ1v) is 7.07. The van der Waals surface area contributed by atoms with E-state index in [1.54, 1.807) is 24.3 Å². The zero-order valence-corrected chi connectivity index (χ0v) is 12.5. The third-order valence-electron chi connectivity index (χ3n) is 3.42. The maximum absolute atomic E-state index is 12.1.